The number of nitrogens with zero attached hydrogens (tertiary/aromatic N) is 2. The maximum absolute atomic E-state index is 12.6. The van der Waals surface area contributed by atoms with Gasteiger partial charge in [-0.1, -0.05) is 23.2 Å². The van der Waals surface area contributed by atoms with Crippen LogP contribution in [0.4, 0.5) is 0 Å². The fraction of sp³-hybridized carbons (Fsp3) is 0.588. The predicted molar refractivity (Wildman–Crippen MR) is 102 cm³/mol. The highest BCUT2D eigenvalue weighted by Crippen LogP contribution is 2.21. The van der Waals surface area contributed by atoms with Gasteiger partial charge < -0.3 is 10.2 Å². The molecule has 1 aromatic carbocycles. The number of hydrogen-bond acceptors (Lipinski definition) is 3. The lowest BCUT2D eigenvalue weighted by Crippen LogP contribution is -2.50. The van der Waals surface area contributed by atoms with Crippen molar-refractivity contribution < 1.29 is 4.79 Å². The molecule has 2 aliphatic heterocycles. The largest absolute Gasteiger partial charge is 0.336 e. The van der Waals surface area contributed by atoms with Crippen LogP contribution in [0.15, 0.2) is 18.2 Å². The van der Waals surface area contributed by atoms with Crippen molar-refractivity contribution >= 4 is 41.5 Å². The third-order valence-electron chi connectivity index (χ3n) is 4.74. The molecule has 0 unspecified atom stereocenters. The van der Waals surface area contributed by atoms with E-state index in [1.165, 1.54) is 12.8 Å². The van der Waals surface area contributed by atoms with Crippen molar-refractivity contribution in [3.8, 4) is 0 Å². The molecule has 134 valence electrons. The van der Waals surface area contributed by atoms with E-state index >= 15 is 0 Å². The summed E-state index contributed by atoms with van der Waals surface area (Å²) in [5, 5.41) is 4.42. The molecule has 4 nitrogen and oxygen atoms in total. The molecule has 1 aromatic rings. The summed E-state index contributed by atoms with van der Waals surface area (Å²) in [6, 6.07) is 5.03. The Morgan fingerprint density at radius 1 is 1.04 bits per heavy atom. The summed E-state index contributed by atoms with van der Waals surface area (Å²) in [4.78, 5) is 17.0. The lowest BCUT2D eigenvalue weighted by Gasteiger charge is -2.37. The summed E-state index contributed by atoms with van der Waals surface area (Å²) in [6.45, 7) is 6.87. The van der Waals surface area contributed by atoms with Crippen LogP contribution in [0.2, 0.25) is 10.0 Å². The predicted octanol–water partition coefficient (Wildman–Crippen LogP) is 3.17. The van der Waals surface area contributed by atoms with E-state index in [1.54, 1.807) is 18.2 Å². The summed E-state index contributed by atoms with van der Waals surface area (Å²) >= 11 is 12.0. The monoisotopic (exact) mass is 391 g/mol. The first-order valence-corrected chi connectivity index (χ1v) is 9.06. The molecule has 0 bridgehead atoms. The van der Waals surface area contributed by atoms with Gasteiger partial charge in [0, 0.05) is 48.3 Å². The van der Waals surface area contributed by atoms with Crippen molar-refractivity contribution in [2.75, 3.05) is 45.8 Å². The molecule has 7 heteroatoms. The Labute approximate surface area is 159 Å². The van der Waals surface area contributed by atoms with Gasteiger partial charge in [0.25, 0.3) is 5.91 Å². The standard InChI is InChI=1S/C17H23Cl2N3O.ClH/c18-15-9-14(10-16(19)11-15)17(23)22-7-5-21(6-8-22)12-13-1-3-20-4-2-13;/h9-11,13,20H,1-8,12H2;1H. The maximum Gasteiger partial charge on any atom is 0.254 e. The van der Waals surface area contributed by atoms with E-state index in [9.17, 15) is 4.79 Å². The molecule has 0 atom stereocenters. The highest BCUT2D eigenvalue weighted by Gasteiger charge is 2.24. The van der Waals surface area contributed by atoms with Gasteiger partial charge in [-0.25, -0.2) is 0 Å². The average molecular weight is 393 g/mol. The van der Waals surface area contributed by atoms with E-state index in [0.29, 0.717) is 15.6 Å². The average Bonchev–Trinajstić information content (AvgIpc) is 2.55. The second-order valence-electron chi connectivity index (χ2n) is 6.44. The molecule has 2 heterocycles. The minimum atomic E-state index is 0. The van der Waals surface area contributed by atoms with Crippen LogP contribution in [0.25, 0.3) is 0 Å². The summed E-state index contributed by atoms with van der Waals surface area (Å²) < 4.78 is 0. The number of piperidine rings is 1. The van der Waals surface area contributed by atoms with Crippen LogP contribution < -0.4 is 5.32 Å². The van der Waals surface area contributed by atoms with Crippen LogP contribution in [0, 0.1) is 5.92 Å². The van der Waals surface area contributed by atoms with Gasteiger partial charge in [-0.15, -0.1) is 12.4 Å². The topological polar surface area (TPSA) is 35.6 Å². The third-order valence-corrected chi connectivity index (χ3v) is 5.18. The summed E-state index contributed by atoms with van der Waals surface area (Å²) in [6.07, 6.45) is 2.53. The lowest BCUT2D eigenvalue weighted by molar-refractivity contribution is 0.0608. The van der Waals surface area contributed by atoms with E-state index in [0.717, 1.165) is 51.7 Å². The number of rotatable bonds is 3. The van der Waals surface area contributed by atoms with Gasteiger partial charge >= 0.3 is 0 Å². The zero-order chi connectivity index (χ0) is 16.2. The van der Waals surface area contributed by atoms with Gasteiger partial charge in [-0.05, 0) is 50.0 Å². The van der Waals surface area contributed by atoms with Crippen LogP contribution in [-0.2, 0) is 0 Å². The highest BCUT2D eigenvalue weighted by atomic mass is 35.5. The van der Waals surface area contributed by atoms with Crippen molar-refractivity contribution in [2.45, 2.75) is 12.8 Å². The first-order chi connectivity index (χ1) is 11.1. The molecule has 0 aliphatic carbocycles. The lowest BCUT2D eigenvalue weighted by atomic mass is 9.97. The molecule has 2 aliphatic rings. The molecule has 0 aromatic heterocycles. The molecular weight excluding hydrogens is 369 g/mol. The van der Waals surface area contributed by atoms with Gasteiger partial charge in [0.15, 0.2) is 0 Å². The molecule has 1 N–H and O–H groups in total. The van der Waals surface area contributed by atoms with E-state index in [4.69, 9.17) is 23.2 Å². The number of hydrogen-bond donors (Lipinski definition) is 1. The summed E-state index contributed by atoms with van der Waals surface area (Å²) in [5.41, 5.74) is 0.578. The third kappa shape index (κ3) is 5.24. The Kier molecular flexibility index (Phi) is 7.63. The van der Waals surface area contributed by atoms with Crippen LogP contribution in [0.1, 0.15) is 23.2 Å². The van der Waals surface area contributed by atoms with Crippen LogP contribution in [0.5, 0.6) is 0 Å². The van der Waals surface area contributed by atoms with Gasteiger partial charge in [-0.3, -0.25) is 9.69 Å². The molecule has 2 saturated heterocycles. The fourth-order valence-corrected chi connectivity index (χ4v) is 3.95. The Hall–Kier alpha value is -0.520. The maximum atomic E-state index is 12.6. The molecular formula is C17H24Cl3N3O. The molecule has 0 saturated carbocycles. The van der Waals surface area contributed by atoms with Crippen LogP contribution >= 0.6 is 35.6 Å². The second-order valence-corrected chi connectivity index (χ2v) is 7.32. The van der Waals surface area contributed by atoms with Gasteiger partial charge in [-0.2, -0.15) is 0 Å². The normalized spacial score (nSPS) is 19.8. The molecule has 0 spiro atoms. The first kappa shape index (κ1) is 19.8. The Morgan fingerprint density at radius 2 is 1.62 bits per heavy atom. The molecule has 2 fully saturated rings. The smallest absolute Gasteiger partial charge is 0.254 e. The molecule has 3 rings (SSSR count). The minimum absolute atomic E-state index is 0. The molecule has 24 heavy (non-hydrogen) atoms. The quantitative estimate of drug-likeness (QED) is 0.858. The van der Waals surface area contributed by atoms with Crippen molar-refractivity contribution in [1.82, 2.24) is 15.1 Å². The summed E-state index contributed by atoms with van der Waals surface area (Å²) in [7, 11) is 0. The molecule has 0 radical (unpaired) electrons. The Bertz CT molecular complexity index is 536. The van der Waals surface area contributed by atoms with Crippen molar-refractivity contribution in [3.63, 3.8) is 0 Å². The fourth-order valence-electron chi connectivity index (χ4n) is 3.42. The van der Waals surface area contributed by atoms with E-state index in [1.807, 2.05) is 4.90 Å². The number of amides is 1. The van der Waals surface area contributed by atoms with E-state index in [-0.39, 0.29) is 18.3 Å². The van der Waals surface area contributed by atoms with Crippen molar-refractivity contribution in [3.05, 3.63) is 33.8 Å². The summed E-state index contributed by atoms with van der Waals surface area (Å²) in [5.74, 6) is 0.821. The number of carbonyl (C=O) groups excluding carboxylic acids is 1. The van der Waals surface area contributed by atoms with Crippen molar-refractivity contribution in [1.29, 1.82) is 0 Å². The Morgan fingerprint density at radius 3 is 2.21 bits per heavy atom. The number of nitrogens with one attached hydrogen (secondary N) is 1. The minimum Gasteiger partial charge on any atom is -0.336 e. The first-order valence-electron chi connectivity index (χ1n) is 8.30. The number of piperazine rings is 1. The van der Waals surface area contributed by atoms with Crippen LogP contribution in [0.3, 0.4) is 0 Å². The second kappa shape index (κ2) is 9.25. The van der Waals surface area contributed by atoms with Gasteiger partial charge in [0.05, 0.1) is 0 Å². The van der Waals surface area contributed by atoms with Crippen molar-refractivity contribution in [2.24, 2.45) is 5.92 Å². The number of halogens is 3. The van der Waals surface area contributed by atoms with E-state index < -0.39 is 0 Å². The SMILES string of the molecule is Cl.O=C(c1cc(Cl)cc(Cl)c1)N1CCN(CC2CCNCC2)CC1. The molecule has 1 amide bonds. The van der Waals surface area contributed by atoms with E-state index in [2.05, 4.69) is 10.2 Å². The zero-order valence-corrected chi connectivity index (χ0v) is 16.0. The van der Waals surface area contributed by atoms with Crippen LogP contribution in [-0.4, -0.2) is 61.5 Å². The number of carbonyl (C=O) groups is 1. The highest BCUT2D eigenvalue weighted by molar-refractivity contribution is 6.35. The zero-order valence-electron chi connectivity index (χ0n) is 13.6. The Balaban J connectivity index is 0.00000208. The van der Waals surface area contributed by atoms with Gasteiger partial charge in [0.1, 0.15) is 0 Å². The number of benzene rings is 1. The van der Waals surface area contributed by atoms with Gasteiger partial charge in [0.2, 0.25) is 0 Å².